The van der Waals surface area contributed by atoms with Crippen molar-refractivity contribution in [3.63, 3.8) is 0 Å². The third-order valence-electron chi connectivity index (χ3n) is 5.47. The Labute approximate surface area is 225 Å². The van der Waals surface area contributed by atoms with Crippen LogP contribution in [0.2, 0.25) is 0 Å². The molecule has 1 aliphatic heterocycles. The molecule has 1 aliphatic rings. The number of carbonyl (C=O) groups excluding carboxylic acids is 4. The summed E-state index contributed by atoms with van der Waals surface area (Å²) in [5.41, 5.74) is 1.95. The molecule has 4 aromatic rings. The fourth-order valence-corrected chi connectivity index (χ4v) is 5.49. The maximum atomic E-state index is 12.9. The van der Waals surface area contributed by atoms with E-state index in [-0.39, 0.29) is 0 Å². The number of hydrogen-bond acceptors (Lipinski definition) is 8. The van der Waals surface area contributed by atoms with Crippen LogP contribution in [0.5, 0.6) is 0 Å². The van der Waals surface area contributed by atoms with Gasteiger partial charge in [0.2, 0.25) is 12.2 Å². The van der Waals surface area contributed by atoms with E-state index >= 15 is 0 Å². The minimum Gasteiger partial charge on any atom is -0.246 e. The van der Waals surface area contributed by atoms with Crippen molar-refractivity contribution < 1.29 is 19.2 Å². The van der Waals surface area contributed by atoms with E-state index in [9.17, 15) is 19.2 Å². The first-order valence-electron chi connectivity index (χ1n) is 11.2. The number of isocyanates is 2. The molecule has 4 amide bonds. The summed E-state index contributed by atoms with van der Waals surface area (Å²) in [5, 5.41) is 0. The number of anilines is 2. The van der Waals surface area contributed by atoms with Crippen LogP contribution in [-0.2, 0) is 9.59 Å². The van der Waals surface area contributed by atoms with Gasteiger partial charge < -0.3 is 0 Å². The molecule has 1 heterocycles. The second-order valence-electron chi connectivity index (χ2n) is 7.77. The Morgan fingerprint density at radius 2 is 0.895 bits per heavy atom. The first-order valence-corrected chi connectivity index (χ1v) is 12.8. The summed E-state index contributed by atoms with van der Waals surface area (Å²) in [6.45, 7) is 0. The second kappa shape index (κ2) is 11.1. The molecule has 0 N–H and O–H groups in total. The van der Waals surface area contributed by atoms with Gasteiger partial charge in [-0.05, 0) is 72.8 Å². The van der Waals surface area contributed by atoms with Gasteiger partial charge in [-0.2, -0.15) is 9.98 Å². The van der Waals surface area contributed by atoms with E-state index in [1.807, 2.05) is 24.3 Å². The van der Waals surface area contributed by atoms with Crippen molar-refractivity contribution >= 4 is 70.5 Å². The highest BCUT2D eigenvalue weighted by Gasteiger charge is 2.45. The zero-order valence-electron chi connectivity index (χ0n) is 19.5. The number of aliphatic imine (C=N–C) groups is 2. The van der Waals surface area contributed by atoms with E-state index in [2.05, 4.69) is 9.98 Å². The molecule has 0 unspecified atom stereocenters. The average molecular weight is 537 g/mol. The van der Waals surface area contributed by atoms with Crippen molar-refractivity contribution in [2.24, 2.45) is 9.98 Å². The average Bonchev–Trinajstić information content (AvgIpc) is 2.93. The monoisotopic (exact) mass is 536 g/mol. The largest absolute Gasteiger partial charge is 0.345 e. The van der Waals surface area contributed by atoms with Crippen LogP contribution in [0.1, 0.15) is 0 Å². The van der Waals surface area contributed by atoms with Crippen LogP contribution in [0.25, 0.3) is 0 Å². The van der Waals surface area contributed by atoms with Crippen molar-refractivity contribution in [3.8, 4) is 0 Å². The van der Waals surface area contributed by atoms with Gasteiger partial charge in [-0.25, -0.2) is 29.0 Å². The van der Waals surface area contributed by atoms with Crippen LogP contribution in [0.15, 0.2) is 127 Å². The minimum absolute atomic E-state index is 0.452. The van der Waals surface area contributed by atoms with Gasteiger partial charge in [-0.15, -0.1) is 0 Å². The molecule has 184 valence electrons. The molecule has 0 spiro atoms. The molecule has 8 nitrogen and oxygen atoms in total. The number of urea groups is 2. The molecule has 10 heteroatoms. The lowest BCUT2D eigenvalue weighted by Crippen LogP contribution is -2.64. The molecular weight excluding hydrogens is 520 g/mol. The van der Waals surface area contributed by atoms with Gasteiger partial charge >= 0.3 is 12.1 Å². The molecule has 0 aromatic heterocycles. The fraction of sp³-hybridized carbons (Fsp3) is 0. The first-order chi connectivity index (χ1) is 18.6. The quantitative estimate of drug-likeness (QED) is 0.171. The third-order valence-corrected chi connectivity index (χ3v) is 7.62. The predicted molar refractivity (Wildman–Crippen MR) is 145 cm³/mol. The standard InChI is InChI=1S/C28H16N4O4S2/c33-17-29-23-5-1-3-7-25(23)37-21-13-9-19(10-14-21)31-27(35)32(28(31)36)20-11-15-22(16-12-20)38-26-8-4-2-6-24(26)30-18-34/h1-16H. The normalized spacial score (nSPS) is 12.4. The van der Waals surface area contributed by atoms with E-state index in [0.29, 0.717) is 22.7 Å². The Bertz CT molecular complexity index is 1490. The van der Waals surface area contributed by atoms with Crippen molar-refractivity contribution in [2.75, 3.05) is 9.80 Å². The summed E-state index contributed by atoms with van der Waals surface area (Å²) < 4.78 is 0. The summed E-state index contributed by atoms with van der Waals surface area (Å²) in [6, 6.07) is 27.4. The van der Waals surface area contributed by atoms with E-state index in [0.717, 1.165) is 29.4 Å². The maximum Gasteiger partial charge on any atom is 0.345 e. The summed E-state index contributed by atoms with van der Waals surface area (Å²) in [6.07, 6.45) is 3.11. The molecule has 38 heavy (non-hydrogen) atoms. The Kier molecular flexibility index (Phi) is 7.31. The molecule has 4 aromatic carbocycles. The number of carbonyl (C=O) groups is 2. The molecule has 0 saturated carbocycles. The highest BCUT2D eigenvalue weighted by molar-refractivity contribution is 7.99. The van der Waals surface area contributed by atoms with Crippen LogP contribution < -0.4 is 9.80 Å². The SMILES string of the molecule is O=C=Nc1ccccc1Sc1ccc(N2C(=O)N(c3ccc(Sc4ccccc4N=C=O)cc3)C2=O)cc1. The Morgan fingerprint density at radius 1 is 0.526 bits per heavy atom. The molecule has 0 bridgehead atoms. The number of hydrogen-bond donors (Lipinski definition) is 0. The molecule has 1 saturated heterocycles. The summed E-state index contributed by atoms with van der Waals surface area (Å²) in [5.74, 6) is 0. The van der Waals surface area contributed by atoms with Gasteiger partial charge in [0.1, 0.15) is 0 Å². The molecular formula is C28H16N4O4S2. The highest BCUT2D eigenvalue weighted by Crippen LogP contribution is 2.38. The lowest BCUT2D eigenvalue weighted by atomic mass is 10.2. The van der Waals surface area contributed by atoms with Crippen LogP contribution >= 0.6 is 23.5 Å². The smallest absolute Gasteiger partial charge is 0.246 e. The highest BCUT2D eigenvalue weighted by atomic mass is 32.2. The maximum absolute atomic E-state index is 12.9. The topological polar surface area (TPSA) is 99.5 Å². The van der Waals surface area contributed by atoms with Crippen LogP contribution in [0.4, 0.5) is 32.3 Å². The fourth-order valence-electron chi connectivity index (χ4n) is 3.71. The molecule has 1 fully saturated rings. The van der Waals surface area contributed by atoms with E-state index < -0.39 is 12.1 Å². The molecule has 0 radical (unpaired) electrons. The van der Waals surface area contributed by atoms with Crippen molar-refractivity contribution in [3.05, 3.63) is 97.1 Å². The molecule has 0 atom stereocenters. The van der Waals surface area contributed by atoms with Gasteiger partial charge in [0.25, 0.3) is 0 Å². The second-order valence-corrected chi connectivity index (χ2v) is 10.0. The zero-order valence-corrected chi connectivity index (χ0v) is 21.1. The number of amides is 4. The van der Waals surface area contributed by atoms with Gasteiger partial charge in [0.15, 0.2) is 0 Å². The van der Waals surface area contributed by atoms with Gasteiger partial charge in [0, 0.05) is 19.6 Å². The summed E-state index contributed by atoms with van der Waals surface area (Å²) >= 11 is 2.81. The lowest BCUT2D eigenvalue weighted by molar-refractivity contribution is 0.226. The van der Waals surface area contributed by atoms with Crippen molar-refractivity contribution in [1.82, 2.24) is 0 Å². The van der Waals surface area contributed by atoms with Gasteiger partial charge in [0.05, 0.1) is 22.7 Å². The van der Waals surface area contributed by atoms with Crippen molar-refractivity contribution in [2.45, 2.75) is 19.6 Å². The van der Waals surface area contributed by atoms with Gasteiger partial charge in [-0.3, -0.25) is 0 Å². The number of para-hydroxylation sites is 2. The number of rotatable bonds is 8. The number of imide groups is 2. The van der Waals surface area contributed by atoms with Crippen LogP contribution in [0.3, 0.4) is 0 Å². The van der Waals surface area contributed by atoms with Crippen molar-refractivity contribution in [1.29, 1.82) is 0 Å². The summed E-state index contributed by atoms with van der Waals surface area (Å²) in [7, 11) is 0. The molecule has 0 aliphatic carbocycles. The minimum atomic E-state index is -0.452. The number of benzene rings is 4. The lowest BCUT2D eigenvalue weighted by Gasteiger charge is -2.38. The predicted octanol–water partition coefficient (Wildman–Crippen LogP) is 7.49. The van der Waals surface area contributed by atoms with Gasteiger partial charge in [-0.1, -0.05) is 47.8 Å². The van der Waals surface area contributed by atoms with Crippen LogP contribution in [-0.4, -0.2) is 24.2 Å². The third kappa shape index (κ3) is 5.06. The summed E-state index contributed by atoms with van der Waals surface area (Å²) in [4.78, 5) is 60.0. The van der Waals surface area contributed by atoms with E-state index in [4.69, 9.17) is 0 Å². The Morgan fingerprint density at radius 3 is 1.26 bits per heavy atom. The first kappa shape index (κ1) is 25.0. The Balaban J connectivity index is 1.26. The number of nitrogens with zero attached hydrogens (tertiary/aromatic N) is 4. The van der Waals surface area contributed by atoms with E-state index in [1.165, 1.54) is 23.5 Å². The Hall–Kier alpha value is -4.72. The van der Waals surface area contributed by atoms with Crippen LogP contribution in [0, 0.1) is 0 Å². The van der Waals surface area contributed by atoms with E-state index in [1.54, 1.807) is 85.0 Å². The molecule has 5 rings (SSSR count). The zero-order chi connectivity index (χ0) is 26.5.